The summed E-state index contributed by atoms with van der Waals surface area (Å²) in [4.78, 5) is 5.17. The number of benzene rings is 4. The minimum Gasteiger partial charge on any atom is -0.251 e. The first-order valence-electron chi connectivity index (χ1n) is 9.34. The summed E-state index contributed by atoms with van der Waals surface area (Å²) in [6.45, 7) is 0. The Morgan fingerprint density at radius 1 is 0.481 bits per heavy atom. The molecular weight excluding hydrogens is 326 g/mol. The van der Waals surface area contributed by atoms with Crippen LogP contribution in [0, 0.1) is 0 Å². The lowest BCUT2D eigenvalue weighted by Gasteiger charge is -2.30. The highest BCUT2D eigenvalue weighted by atomic mass is 14.8. The fourth-order valence-corrected chi connectivity index (χ4v) is 4.88. The second-order valence-corrected chi connectivity index (χ2v) is 7.18. The van der Waals surface area contributed by atoms with Gasteiger partial charge in [0.1, 0.15) is 0 Å². The molecule has 1 heteroatoms. The Bertz CT molecular complexity index is 1170. The van der Waals surface area contributed by atoms with Crippen LogP contribution in [0.1, 0.15) is 22.3 Å². The Labute approximate surface area is 158 Å². The van der Waals surface area contributed by atoms with Gasteiger partial charge in [0.15, 0.2) is 0 Å². The summed E-state index contributed by atoms with van der Waals surface area (Å²) in [5.41, 5.74) is 9.61. The van der Waals surface area contributed by atoms with Crippen LogP contribution in [0.5, 0.6) is 0 Å². The molecule has 1 spiro atoms. The smallest absolute Gasteiger partial charge is 0.0912 e. The normalized spacial score (nSPS) is 15.2. The molecule has 0 saturated heterocycles. The standard InChI is InChI=1S/C26H17N/c1-2-10-18(11-3-1)25-26(23-16-8-9-17-24(23)27-25)21-14-6-4-12-19(21)20-13-5-7-15-22(20)26/h1-17H. The van der Waals surface area contributed by atoms with Crippen molar-refractivity contribution in [1.29, 1.82) is 0 Å². The molecule has 1 aliphatic heterocycles. The highest BCUT2D eigenvalue weighted by Gasteiger charge is 2.52. The number of hydrogen-bond donors (Lipinski definition) is 0. The Morgan fingerprint density at radius 3 is 1.67 bits per heavy atom. The molecular formula is C26H17N. The highest BCUT2D eigenvalue weighted by molar-refractivity contribution is 6.20. The van der Waals surface area contributed by atoms with Crippen molar-refractivity contribution < 1.29 is 0 Å². The molecule has 27 heavy (non-hydrogen) atoms. The van der Waals surface area contributed by atoms with Crippen molar-refractivity contribution in [2.75, 3.05) is 0 Å². The van der Waals surface area contributed by atoms with Crippen molar-refractivity contribution in [2.24, 2.45) is 4.99 Å². The first-order valence-corrected chi connectivity index (χ1v) is 9.34. The maximum absolute atomic E-state index is 5.17. The third kappa shape index (κ3) is 1.76. The summed E-state index contributed by atoms with van der Waals surface area (Å²) in [6, 6.07) is 36.8. The molecule has 2 aliphatic rings. The molecule has 0 aromatic heterocycles. The molecule has 0 saturated carbocycles. The largest absolute Gasteiger partial charge is 0.251 e. The number of rotatable bonds is 1. The summed E-state index contributed by atoms with van der Waals surface area (Å²) in [6.07, 6.45) is 0. The fourth-order valence-electron chi connectivity index (χ4n) is 4.88. The van der Waals surface area contributed by atoms with E-state index in [9.17, 15) is 0 Å². The first-order chi connectivity index (χ1) is 13.4. The van der Waals surface area contributed by atoms with Crippen LogP contribution in [0.2, 0.25) is 0 Å². The number of aliphatic imine (C=N–C) groups is 1. The van der Waals surface area contributed by atoms with E-state index in [1.54, 1.807) is 0 Å². The zero-order valence-electron chi connectivity index (χ0n) is 14.8. The predicted molar refractivity (Wildman–Crippen MR) is 111 cm³/mol. The van der Waals surface area contributed by atoms with E-state index in [4.69, 9.17) is 4.99 Å². The van der Waals surface area contributed by atoms with Crippen LogP contribution in [-0.2, 0) is 5.41 Å². The zero-order chi connectivity index (χ0) is 17.8. The summed E-state index contributed by atoms with van der Waals surface area (Å²) in [5.74, 6) is 0. The van der Waals surface area contributed by atoms with Crippen LogP contribution in [0.15, 0.2) is 108 Å². The van der Waals surface area contributed by atoms with Gasteiger partial charge in [-0.3, -0.25) is 4.99 Å². The quantitative estimate of drug-likeness (QED) is 0.394. The van der Waals surface area contributed by atoms with E-state index in [1.165, 1.54) is 33.4 Å². The molecule has 4 aromatic rings. The van der Waals surface area contributed by atoms with Crippen LogP contribution in [0.25, 0.3) is 11.1 Å². The van der Waals surface area contributed by atoms with E-state index >= 15 is 0 Å². The summed E-state index contributed by atoms with van der Waals surface area (Å²) < 4.78 is 0. The van der Waals surface area contributed by atoms with E-state index in [2.05, 4.69) is 103 Å². The number of nitrogens with zero attached hydrogens (tertiary/aromatic N) is 1. The Balaban J connectivity index is 1.80. The van der Waals surface area contributed by atoms with Crippen molar-refractivity contribution in [3.63, 3.8) is 0 Å². The molecule has 1 aliphatic carbocycles. The molecule has 0 fully saturated rings. The lowest BCUT2D eigenvalue weighted by atomic mass is 9.68. The summed E-state index contributed by atoms with van der Waals surface area (Å²) in [7, 11) is 0. The number of para-hydroxylation sites is 1. The molecule has 0 N–H and O–H groups in total. The highest BCUT2D eigenvalue weighted by Crippen LogP contribution is 2.58. The maximum Gasteiger partial charge on any atom is 0.0912 e. The average Bonchev–Trinajstić information content (AvgIpc) is 3.25. The Morgan fingerprint density at radius 2 is 1.00 bits per heavy atom. The SMILES string of the molecule is c1ccc(C2=Nc3ccccc3C23c2ccccc2-c2ccccc23)cc1. The molecule has 0 bridgehead atoms. The van der Waals surface area contributed by atoms with Gasteiger partial charge in [-0.1, -0.05) is 97.1 Å². The van der Waals surface area contributed by atoms with Gasteiger partial charge in [-0.2, -0.15) is 0 Å². The van der Waals surface area contributed by atoms with Crippen molar-refractivity contribution >= 4 is 11.4 Å². The monoisotopic (exact) mass is 343 g/mol. The van der Waals surface area contributed by atoms with E-state index in [0.29, 0.717) is 0 Å². The predicted octanol–water partition coefficient (Wildman–Crippen LogP) is 6.14. The lowest BCUT2D eigenvalue weighted by Crippen LogP contribution is -2.34. The van der Waals surface area contributed by atoms with Gasteiger partial charge in [-0.05, 0) is 39.4 Å². The van der Waals surface area contributed by atoms with Gasteiger partial charge in [0.05, 0.1) is 16.8 Å². The molecule has 126 valence electrons. The van der Waals surface area contributed by atoms with Crippen molar-refractivity contribution in [1.82, 2.24) is 0 Å². The Hall–Kier alpha value is -3.45. The van der Waals surface area contributed by atoms with Crippen molar-refractivity contribution in [3.05, 3.63) is 125 Å². The second-order valence-electron chi connectivity index (χ2n) is 7.18. The molecule has 6 rings (SSSR count). The van der Waals surface area contributed by atoms with Gasteiger partial charge in [-0.25, -0.2) is 0 Å². The minimum absolute atomic E-state index is 0.342. The van der Waals surface area contributed by atoms with Gasteiger partial charge in [-0.15, -0.1) is 0 Å². The van der Waals surface area contributed by atoms with Crippen molar-refractivity contribution in [3.8, 4) is 11.1 Å². The minimum atomic E-state index is -0.342. The van der Waals surface area contributed by atoms with Crippen LogP contribution in [0.3, 0.4) is 0 Å². The summed E-state index contributed by atoms with van der Waals surface area (Å²) >= 11 is 0. The van der Waals surface area contributed by atoms with Gasteiger partial charge in [0, 0.05) is 0 Å². The molecule has 0 amide bonds. The van der Waals surface area contributed by atoms with Crippen LogP contribution >= 0.6 is 0 Å². The van der Waals surface area contributed by atoms with Crippen LogP contribution in [-0.4, -0.2) is 5.71 Å². The maximum atomic E-state index is 5.17. The zero-order valence-corrected chi connectivity index (χ0v) is 14.8. The first kappa shape index (κ1) is 14.7. The molecule has 0 radical (unpaired) electrons. The van der Waals surface area contributed by atoms with E-state index < -0.39 is 0 Å². The molecule has 4 aromatic carbocycles. The third-order valence-electron chi connectivity index (χ3n) is 5.90. The van der Waals surface area contributed by atoms with E-state index in [1.807, 2.05) is 0 Å². The van der Waals surface area contributed by atoms with Crippen LogP contribution in [0.4, 0.5) is 5.69 Å². The van der Waals surface area contributed by atoms with Gasteiger partial charge in [0.2, 0.25) is 0 Å². The number of fused-ring (bicyclic) bond motifs is 7. The van der Waals surface area contributed by atoms with Crippen LogP contribution < -0.4 is 0 Å². The second kappa shape index (κ2) is 5.28. The Kier molecular flexibility index (Phi) is 2.87. The van der Waals surface area contributed by atoms with E-state index in [-0.39, 0.29) is 5.41 Å². The lowest BCUT2D eigenvalue weighted by molar-refractivity contribution is 0.881. The van der Waals surface area contributed by atoms with Gasteiger partial charge in [0.25, 0.3) is 0 Å². The van der Waals surface area contributed by atoms with Gasteiger partial charge < -0.3 is 0 Å². The van der Waals surface area contributed by atoms with E-state index in [0.717, 1.165) is 11.4 Å². The summed E-state index contributed by atoms with van der Waals surface area (Å²) in [5, 5.41) is 0. The fraction of sp³-hybridized carbons (Fsp3) is 0.0385. The molecule has 0 unspecified atom stereocenters. The molecule has 0 atom stereocenters. The third-order valence-corrected chi connectivity index (χ3v) is 5.90. The number of hydrogen-bond acceptors (Lipinski definition) is 1. The van der Waals surface area contributed by atoms with Gasteiger partial charge >= 0.3 is 0 Å². The molecule has 1 nitrogen and oxygen atoms in total. The molecule has 1 heterocycles. The van der Waals surface area contributed by atoms with Crippen molar-refractivity contribution in [2.45, 2.75) is 5.41 Å². The topological polar surface area (TPSA) is 12.4 Å². The average molecular weight is 343 g/mol.